The van der Waals surface area contributed by atoms with Gasteiger partial charge in [-0.15, -0.1) is 0 Å². The number of rotatable bonds is 2. The molecule has 0 bridgehead atoms. The van der Waals surface area contributed by atoms with Crippen LogP contribution in [-0.4, -0.2) is 27.8 Å². The number of hydrogen-bond acceptors (Lipinski definition) is 4. The van der Waals surface area contributed by atoms with Gasteiger partial charge in [0.1, 0.15) is 0 Å². The highest BCUT2D eigenvalue weighted by Crippen LogP contribution is 2.24. The predicted octanol–water partition coefficient (Wildman–Crippen LogP) is 2.11. The van der Waals surface area contributed by atoms with Crippen LogP contribution < -0.4 is 0 Å². The van der Waals surface area contributed by atoms with E-state index in [4.69, 9.17) is 4.74 Å². The second-order valence-corrected chi connectivity index (χ2v) is 4.17. The maximum Gasteiger partial charge on any atom is 0.359 e. The molecule has 5 heteroatoms. The minimum absolute atomic E-state index is 0.178. The Balaban J connectivity index is 2.80. The topological polar surface area (TPSA) is 57.0 Å². The Hall–Kier alpha value is -1.91. The summed E-state index contributed by atoms with van der Waals surface area (Å²) in [7, 11) is 1.36. The first-order chi connectivity index (χ1) is 8.06. The van der Waals surface area contributed by atoms with Gasteiger partial charge < -0.3 is 4.74 Å². The number of pyridine rings is 1. The molecule has 0 saturated heterocycles. The van der Waals surface area contributed by atoms with Gasteiger partial charge >= 0.3 is 5.97 Å². The molecule has 0 amide bonds. The third-order valence-corrected chi connectivity index (χ3v) is 2.68. The van der Waals surface area contributed by atoms with Crippen molar-refractivity contribution in [1.29, 1.82) is 0 Å². The number of nitrogens with zero attached hydrogens (tertiary/aromatic N) is 3. The van der Waals surface area contributed by atoms with E-state index in [9.17, 15) is 4.79 Å². The summed E-state index contributed by atoms with van der Waals surface area (Å²) in [6.45, 7) is 5.90. The molecule has 0 atom stereocenters. The van der Waals surface area contributed by atoms with Crippen molar-refractivity contribution in [1.82, 2.24) is 14.8 Å². The van der Waals surface area contributed by atoms with Gasteiger partial charge in [0.15, 0.2) is 5.69 Å². The third-order valence-electron chi connectivity index (χ3n) is 2.68. The third kappa shape index (κ3) is 1.77. The number of aromatic nitrogens is 3. The lowest BCUT2D eigenvalue weighted by atomic mass is 10.2. The predicted molar refractivity (Wildman–Crippen MR) is 64.0 cm³/mol. The molecule has 0 N–H and O–H groups in total. The van der Waals surface area contributed by atoms with Crippen molar-refractivity contribution < 1.29 is 9.53 Å². The minimum Gasteiger partial charge on any atom is -0.464 e. The SMILES string of the molecule is COC(=O)c1nn(C(C)C)c2ccnc(C)c12. The van der Waals surface area contributed by atoms with Crippen LogP contribution in [0.25, 0.3) is 10.9 Å². The molecule has 2 rings (SSSR count). The molecule has 0 fully saturated rings. The molecular formula is C12H15N3O2. The standard InChI is InChI=1S/C12H15N3O2/c1-7(2)15-9-5-6-13-8(3)10(9)11(14-15)12(16)17-4/h5-7H,1-4H3. The number of aryl methyl sites for hydroxylation is 1. The zero-order valence-electron chi connectivity index (χ0n) is 10.4. The van der Waals surface area contributed by atoms with E-state index >= 15 is 0 Å². The molecular weight excluding hydrogens is 218 g/mol. The molecule has 0 aliphatic heterocycles. The lowest BCUT2D eigenvalue weighted by Gasteiger charge is -2.06. The number of ether oxygens (including phenoxy) is 1. The molecule has 2 aromatic rings. The molecule has 0 unspecified atom stereocenters. The van der Waals surface area contributed by atoms with Crippen molar-refractivity contribution in [2.24, 2.45) is 0 Å². The molecule has 2 heterocycles. The molecule has 0 aliphatic rings. The van der Waals surface area contributed by atoms with Crippen LogP contribution in [0, 0.1) is 6.92 Å². The van der Waals surface area contributed by atoms with Crippen LogP contribution in [0.15, 0.2) is 12.3 Å². The largest absolute Gasteiger partial charge is 0.464 e. The van der Waals surface area contributed by atoms with Crippen molar-refractivity contribution in [2.75, 3.05) is 7.11 Å². The quantitative estimate of drug-likeness (QED) is 0.745. The maximum atomic E-state index is 11.7. The number of fused-ring (bicyclic) bond motifs is 1. The van der Waals surface area contributed by atoms with Crippen LogP contribution in [0.4, 0.5) is 0 Å². The van der Waals surface area contributed by atoms with E-state index in [0.717, 1.165) is 16.6 Å². The zero-order chi connectivity index (χ0) is 12.6. The summed E-state index contributed by atoms with van der Waals surface area (Å²) < 4.78 is 6.57. The van der Waals surface area contributed by atoms with Crippen molar-refractivity contribution in [2.45, 2.75) is 26.8 Å². The van der Waals surface area contributed by atoms with E-state index in [0.29, 0.717) is 5.69 Å². The fourth-order valence-electron chi connectivity index (χ4n) is 1.88. The lowest BCUT2D eigenvalue weighted by molar-refractivity contribution is 0.0595. The molecule has 0 aromatic carbocycles. The summed E-state index contributed by atoms with van der Waals surface area (Å²) in [5, 5.41) is 5.09. The van der Waals surface area contributed by atoms with E-state index in [1.54, 1.807) is 6.20 Å². The van der Waals surface area contributed by atoms with Crippen molar-refractivity contribution in [3.63, 3.8) is 0 Å². The highest BCUT2D eigenvalue weighted by atomic mass is 16.5. The van der Waals surface area contributed by atoms with Gasteiger partial charge in [-0.25, -0.2) is 4.79 Å². The first kappa shape index (κ1) is 11.6. The smallest absolute Gasteiger partial charge is 0.359 e. The molecule has 0 spiro atoms. The summed E-state index contributed by atoms with van der Waals surface area (Å²) in [6.07, 6.45) is 1.72. The number of hydrogen-bond donors (Lipinski definition) is 0. The van der Waals surface area contributed by atoms with Crippen LogP contribution in [0.5, 0.6) is 0 Å². The Bertz CT molecular complexity index is 572. The minimum atomic E-state index is -0.425. The van der Waals surface area contributed by atoms with Crippen LogP contribution >= 0.6 is 0 Å². The van der Waals surface area contributed by atoms with Crippen LogP contribution in [-0.2, 0) is 4.74 Å². The summed E-state index contributed by atoms with van der Waals surface area (Å²) in [5.74, 6) is -0.425. The van der Waals surface area contributed by atoms with Gasteiger partial charge in [0.2, 0.25) is 0 Å². The molecule has 0 radical (unpaired) electrons. The Morgan fingerprint density at radius 1 is 1.47 bits per heavy atom. The Morgan fingerprint density at radius 3 is 2.76 bits per heavy atom. The van der Waals surface area contributed by atoms with Crippen LogP contribution in [0.1, 0.15) is 36.1 Å². The highest BCUT2D eigenvalue weighted by Gasteiger charge is 2.20. The van der Waals surface area contributed by atoms with E-state index < -0.39 is 5.97 Å². The monoisotopic (exact) mass is 233 g/mol. The van der Waals surface area contributed by atoms with E-state index in [1.807, 2.05) is 31.5 Å². The van der Waals surface area contributed by atoms with Crippen LogP contribution in [0.3, 0.4) is 0 Å². The average Bonchev–Trinajstić information content (AvgIpc) is 2.69. The molecule has 0 saturated carbocycles. The highest BCUT2D eigenvalue weighted by molar-refractivity contribution is 6.03. The molecule has 17 heavy (non-hydrogen) atoms. The number of carbonyl (C=O) groups excluding carboxylic acids is 1. The first-order valence-electron chi connectivity index (χ1n) is 5.48. The second-order valence-electron chi connectivity index (χ2n) is 4.17. The normalized spacial score (nSPS) is 11.1. The Labute approximate surface area is 99.4 Å². The van der Waals surface area contributed by atoms with Crippen molar-refractivity contribution >= 4 is 16.9 Å². The Morgan fingerprint density at radius 2 is 2.18 bits per heavy atom. The average molecular weight is 233 g/mol. The fourth-order valence-corrected chi connectivity index (χ4v) is 1.88. The number of carbonyl (C=O) groups is 1. The van der Waals surface area contributed by atoms with Crippen LogP contribution in [0.2, 0.25) is 0 Å². The summed E-state index contributed by atoms with van der Waals surface area (Å²) in [4.78, 5) is 15.9. The lowest BCUT2D eigenvalue weighted by Crippen LogP contribution is -2.06. The van der Waals surface area contributed by atoms with Gasteiger partial charge in [-0.1, -0.05) is 0 Å². The van der Waals surface area contributed by atoms with E-state index in [-0.39, 0.29) is 6.04 Å². The van der Waals surface area contributed by atoms with Gasteiger partial charge in [0.25, 0.3) is 0 Å². The first-order valence-corrected chi connectivity index (χ1v) is 5.48. The van der Waals surface area contributed by atoms with Gasteiger partial charge in [-0.05, 0) is 26.8 Å². The zero-order valence-corrected chi connectivity index (χ0v) is 10.4. The Kier molecular flexibility index (Phi) is 2.83. The van der Waals surface area contributed by atoms with Crippen molar-refractivity contribution in [3.8, 4) is 0 Å². The van der Waals surface area contributed by atoms with Gasteiger partial charge in [-0.3, -0.25) is 9.67 Å². The summed E-state index contributed by atoms with van der Waals surface area (Å²) in [6, 6.07) is 2.04. The molecule has 5 nitrogen and oxygen atoms in total. The van der Waals surface area contributed by atoms with E-state index in [1.165, 1.54) is 7.11 Å². The van der Waals surface area contributed by atoms with Gasteiger partial charge in [0.05, 0.1) is 18.0 Å². The fraction of sp³-hybridized carbons (Fsp3) is 0.417. The maximum absolute atomic E-state index is 11.7. The number of esters is 1. The van der Waals surface area contributed by atoms with Gasteiger partial charge in [-0.2, -0.15) is 5.10 Å². The molecule has 90 valence electrons. The van der Waals surface area contributed by atoms with Crippen molar-refractivity contribution in [3.05, 3.63) is 23.7 Å². The van der Waals surface area contributed by atoms with Gasteiger partial charge in [0, 0.05) is 17.9 Å². The molecule has 2 aromatic heterocycles. The number of methoxy groups -OCH3 is 1. The second kappa shape index (κ2) is 4.16. The molecule has 0 aliphatic carbocycles. The summed E-state index contributed by atoms with van der Waals surface area (Å²) in [5.41, 5.74) is 2.03. The van der Waals surface area contributed by atoms with E-state index in [2.05, 4.69) is 10.1 Å². The summed E-state index contributed by atoms with van der Waals surface area (Å²) >= 11 is 0.